The van der Waals surface area contributed by atoms with E-state index in [0.717, 1.165) is 5.69 Å². The van der Waals surface area contributed by atoms with Crippen molar-refractivity contribution in [2.75, 3.05) is 5.73 Å². The van der Waals surface area contributed by atoms with Crippen molar-refractivity contribution in [2.45, 2.75) is 27.2 Å². The van der Waals surface area contributed by atoms with Crippen molar-refractivity contribution in [3.8, 4) is 11.9 Å². The summed E-state index contributed by atoms with van der Waals surface area (Å²) in [5.74, 6) is 1.57. The second-order valence-corrected chi connectivity index (χ2v) is 4.00. The molecular weight excluding hydrogens is 228 g/mol. The van der Waals surface area contributed by atoms with Gasteiger partial charge in [0, 0.05) is 11.8 Å². The summed E-state index contributed by atoms with van der Waals surface area (Å²) >= 11 is 0. The number of aryl methyl sites for hydroxylation is 3. The monoisotopic (exact) mass is 242 g/mol. The smallest absolute Gasteiger partial charge is 0.159 e. The van der Waals surface area contributed by atoms with Crippen LogP contribution in [0.2, 0.25) is 0 Å². The molecule has 0 atom stereocenters. The summed E-state index contributed by atoms with van der Waals surface area (Å²) in [6, 6.07) is 3.87. The number of nitrogens with zero attached hydrogens (tertiary/aromatic N) is 5. The van der Waals surface area contributed by atoms with Crippen LogP contribution in [-0.4, -0.2) is 19.7 Å². The Labute approximate surface area is 105 Å². The van der Waals surface area contributed by atoms with Crippen LogP contribution in [0.5, 0.6) is 0 Å². The van der Waals surface area contributed by atoms with Gasteiger partial charge in [-0.25, -0.2) is 9.97 Å². The van der Waals surface area contributed by atoms with E-state index in [1.807, 2.05) is 20.8 Å². The third-order valence-corrected chi connectivity index (χ3v) is 2.61. The third kappa shape index (κ3) is 1.91. The molecule has 0 aromatic carbocycles. The average Bonchev–Trinajstić information content (AvgIpc) is 2.64. The fourth-order valence-electron chi connectivity index (χ4n) is 1.83. The molecule has 2 rings (SSSR count). The van der Waals surface area contributed by atoms with Gasteiger partial charge in [-0.15, -0.1) is 0 Å². The van der Waals surface area contributed by atoms with Crippen molar-refractivity contribution in [3.05, 3.63) is 28.8 Å². The van der Waals surface area contributed by atoms with Crippen LogP contribution in [0.25, 0.3) is 5.82 Å². The molecule has 2 aromatic rings. The van der Waals surface area contributed by atoms with Gasteiger partial charge in [0.25, 0.3) is 0 Å². The first-order valence-corrected chi connectivity index (χ1v) is 5.67. The molecule has 0 bridgehead atoms. The van der Waals surface area contributed by atoms with E-state index in [4.69, 9.17) is 11.0 Å². The van der Waals surface area contributed by atoms with E-state index < -0.39 is 0 Å². The summed E-state index contributed by atoms with van der Waals surface area (Å²) in [6.07, 6.45) is 0.656. The van der Waals surface area contributed by atoms with Crippen LogP contribution in [0.1, 0.15) is 29.7 Å². The van der Waals surface area contributed by atoms with Gasteiger partial charge in [0.15, 0.2) is 5.82 Å². The number of nitriles is 1. The number of aromatic nitrogens is 4. The van der Waals surface area contributed by atoms with Gasteiger partial charge in [-0.05, 0) is 20.3 Å². The maximum Gasteiger partial charge on any atom is 0.159 e. The predicted molar refractivity (Wildman–Crippen MR) is 67.1 cm³/mol. The number of rotatable bonds is 2. The lowest BCUT2D eigenvalue weighted by Gasteiger charge is -2.04. The highest BCUT2D eigenvalue weighted by Gasteiger charge is 2.16. The van der Waals surface area contributed by atoms with Crippen molar-refractivity contribution in [1.29, 1.82) is 5.26 Å². The Kier molecular flexibility index (Phi) is 2.98. The fraction of sp³-hybridized carbons (Fsp3) is 0.333. The summed E-state index contributed by atoms with van der Waals surface area (Å²) in [5.41, 5.74) is 7.88. The molecular formula is C12H14N6. The number of hydrogen-bond donors (Lipinski definition) is 1. The molecule has 18 heavy (non-hydrogen) atoms. The zero-order valence-electron chi connectivity index (χ0n) is 10.6. The number of nitrogens with two attached hydrogens (primary N) is 1. The van der Waals surface area contributed by atoms with Gasteiger partial charge in [-0.3, -0.25) is 0 Å². The number of anilines is 1. The Bertz CT molecular complexity index is 614. The van der Waals surface area contributed by atoms with Gasteiger partial charge in [0.1, 0.15) is 23.3 Å². The van der Waals surface area contributed by atoms with Crippen molar-refractivity contribution in [1.82, 2.24) is 19.7 Å². The topological polar surface area (TPSA) is 93.4 Å². The van der Waals surface area contributed by atoms with Crippen LogP contribution in [0.15, 0.2) is 6.07 Å². The van der Waals surface area contributed by atoms with Crippen molar-refractivity contribution in [3.63, 3.8) is 0 Å². The van der Waals surface area contributed by atoms with E-state index in [1.165, 1.54) is 4.68 Å². The molecule has 2 N–H and O–H groups in total. The fourth-order valence-corrected chi connectivity index (χ4v) is 1.83. The van der Waals surface area contributed by atoms with Crippen LogP contribution < -0.4 is 5.73 Å². The largest absolute Gasteiger partial charge is 0.382 e. The first-order chi connectivity index (χ1) is 8.56. The van der Waals surface area contributed by atoms with Crippen LogP contribution >= 0.6 is 0 Å². The molecule has 0 saturated carbocycles. The summed E-state index contributed by atoms with van der Waals surface area (Å²) in [7, 11) is 0. The molecule has 0 amide bonds. The van der Waals surface area contributed by atoms with E-state index in [2.05, 4.69) is 21.1 Å². The minimum atomic E-state index is 0.326. The predicted octanol–water partition coefficient (Wildman–Crippen LogP) is 1.30. The van der Waals surface area contributed by atoms with E-state index in [0.29, 0.717) is 35.1 Å². The molecule has 0 radical (unpaired) electrons. The average molecular weight is 242 g/mol. The molecule has 0 spiro atoms. The molecule has 0 aliphatic rings. The standard InChI is InChI=1S/C12H14N6/c1-4-10-9(6-13)12(14)18(17-10)11-5-7(2)15-8(3)16-11/h5H,4,14H2,1-3H3. The van der Waals surface area contributed by atoms with Crippen molar-refractivity contribution >= 4 is 5.82 Å². The SMILES string of the molecule is CCc1nn(-c2cc(C)nc(C)n2)c(N)c1C#N. The van der Waals surface area contributed by atoms with Crippen molar-refractivity contribution in [2.24, 2.45) is 0 Å². The van der Waals surface area contributed by atoms with Gasteiger partial charge >= 0.3 is 0 Å². The van der Waals surface area contributed by atoms with Crippen LogP contribution in [0, 0.1) is 25.2 Å². The molecule has 92 valence electrons. The summed E-state index contributed by atoms with van der Waals surface area (Å²) in [4.78, 5) is 8.49. The normalized spacial score (nSPS) is 10.3. The minimum Gasteiger partial charge on any atom is -0.382 e. The molecule has 6 heteroatoms. The Hall–Kier alpha value is -2.42. The van der Waals surface area contributed by atoms with Gasteiger partial charge < -0.3 is 5.73 Å². The zero-order chi connectivity index (χ0) is 13.3. The maximum absolute atomic E-state index is 9.08. The van der Waals surface area contributed by atoms with E-state index in [1.54, 1.807) is 6.07 Å². The lowest BCUT2D eigenvalue weighted by molar-refractivity contribution is 0.805. The Balaban J connectivity index is 2.65. The zero-order valence-corrected chi connectivity index (χ0v) is 10.6. The molecule has 2 aromatic heterocycles. The molecule has 0 aliphatic heterocycles. The van der Waals surface area contributed by atoms with Crippen LogP contribution in [0.4, 0.5) is 5.82 Å². The number of nitrogen functional groups attached to an aromatic ring is 1. The summed E-state index contributed by atoms with van der Waals surface area (Å²) in [6.45, 7) is 5.62. The molecule has 6 nitrogen and oxygen atoms in total. The van der Waals surface area contributed by atoms with Crippen LogP contribution in [0.3, 0.4) is 0 Å². The summed E-state index contributed by atoms with van der Waals surface area (Å²) in [5, 5.41) is 13.4. The highest BCUT2D eigenvalue weighted by molar-refractivity contribution is 5.55. The molecule has 0 saturated heterocycles. The molecule has 2 heterocycles. The third-order valence-electron chi connectivity index (χ3n) is 2.61. The van der Waals surface area contributed by atoms with Gasteiger partial charge in [-0.1, -0.05) is 6.92 Å². The Morgan fingerprint density at radius 2 is 2.11 bits per heavy atom. The second-order valence-electron chi connectivity index (χ2n) is 4.00. The summed E-state index contributed by atoms with van der Waals surface area (Å²) < 4.78 is 1.50. The first kappa shape index (κ1) is 12.0. The van der Waals surface area contributed by atoms with Gasteiger partial charge in [0.2, 0.25) is 0 Å². The number of hydrogen-bond acceptors (Lipinski definition) is 5. The van der Waals surface area contributed by atoms with Crippen LogP contribution in [-0.2, 0) is 6.42 Å². The lowest BCUT2D eigenvalue weighted by Crippen LogP contribution is -2.07. The molecule has 0 aliphatic carbocycles. The van der Waals surface area contributed by atoms with Gasteiger partial charge in [0.05, 0.1) is 5.69 Å². The Morgan fingerprint density at radius 1 is 1.39 bits per heavy atom. The Morgan fingerprint density at radius 3 is 2.61 bits per heavy atom. The lowest BCUT2D eigenvalue weighted by atomic mass is 10.2. The van der Waals surface area contributed by atoms with E-state index >= 15 is 0 Å². The minimum absolute atomic E-state index is 0.326. The molecule has 0 unspecified atom stereocenters. The highest BCUT2D eigenvalue weighted by Crippen LogP contribution is 2.20. The highest BCUT2D eigenvalue weighted by atomic mass is 15.3. The second kappa shape index (κ2) is 4.45. The van der Waals surface area contributed by atoms with E-state index in [-0.39, 0.29) is 0 Å². The quantitative estimate of drug-likeness (QED) is 0.856. The maximum atomic E-state index is 9.08. The molecule has 0 fully saturated rings. The first-order valence-electron chi connectivity index (χ1n) is 5.67. The van der Waals surface area contributed by atoms with Gasteiger partial charge in [-0.2, -0.15) is 15.0 Å². The van der Waals surface area contributed by atoms with Crippen molar-refractivity contribution < 1.29 is 0 Å². The van der Waals surface area contributed by atoms with E-state index in [9.17, 15) is 0 Å².